The molecule has 3 rings (SSSR count). The SMILES string of the molecule is CC(O)c1ccc2c(ccn2CC2CCCC2)c1. The van der Waals surface area contributed by atoms with Gasteiger partial charge in [0.2, 0.25) is 0 Å². The number of aromatic nitrogens is 1. The zero-order chi connectivity index (χ0) is 12.5. The lowest BCUT2D eigenvalue weighted by Gasteiger charge is -2.12. The molecular formula is C16H21NO. The fourth-order valence-electron chi connectivity index (χ4n) is 3.11. The molecule has 1 heterocycles. The Hall–Kier alpha value is -1.28. The Morgan fingerprint density at radius 3 is 2.78 bits per heavy atom. The third-order valence-electron chi connectivity index (χ3n) is 4.21. The van der Waals surface area contributed by atoms with Crippen molar-refractivity contribution in [3.63, 3.8) is 0 Å². The summed E-state index contributed by atoms with van der Waals surface area (Å²) in [5, 5.41) is 10.9. The molecule has 0 spiro atoms. The van der Waals surface area contributed by atoms with Gasteiger partial charge in [0.15, 0.2) is 0 Å². The second-order valence-electron chi connectivity index (χ2n) is 5.61. The lowest BCUT2D eigenvalue weighted by Crippen LogP contribution is -2.05. The van der Waals surface area contributed by atoms with Gasteiger partial charge in [0.1, 0.15) is 0 Å². The molecule has 2 heteroatoms. The van der Waals surface area contributed by atoms with E-state index in [-0.39, 0.29) is 6.10 Å². The Kier molecular flexibility index (Phi) is 3.13. The lowest BCUT2D eigenvalue weighted by molar-refractivity contribution is 0.199. The number of hydrogen-bond acceptors (Lipinski definition) is 1. The third-order valence-corrected chi connectivity index (χ3v) is 4.21. The zero-order valence-electron chi connectivity index (χ0n) is 11.0. The van der Waals surface area contributed by atoms with Crippen molar-refractivity contribution < 1.29 is 5.11 Å². The van der Waals surface area contributed by atoms with Gasteiger partial charge in [-0.2, -0.15) is 0 Å². The summed E-state index contributed by atoms with van der Waals surface area (Å²) < 4.78 is 2.37. The summed E-state index contributed by atoms with van der Waals surface area (Å²) in [5.41, 5.74) is 2.30. The standard InChI is InChI=1S/C16H21NO/c1-12(18)14-6-7-16-15(10-14)8-9-17(16)11-13-4-2-3-5-13/h6-10,12-13,18H,2-5,11H2,1H3. The highest BCUT2D eigenvalue weighted by atomic mass is 16.3. The second kappa shape index (κ2) is 4.77. The van der Waals surface area contributed by atoms with Gasteiger partial charge in [-0.05, 0) is 54.8 Å². The molecule has 0 radical (unpaired) electrons. The molecule has 0 saturated heterocycles. The highest BCUT2D eigenvalue weighted by molar-refractivity contribution is 5.81. The summed E-state index contributed by atoms with van der Waals surface area (Å²) in [6, 6.07) is 8.45. The number of aliphatic hydroxyl groups excluding tert-OH is 1. The summed E-state index contributed by atoms with van der Waals surface area (Å²) in [5.74, 6) is 0.858. The molecule has 1 aromatic carbocycles. The minimum Gasteiger partial charge on any atom is -0.389 e. The van der Waals surface area contributed by atoms with E-state index in [4.69, 9.17) is 0 Å². The van der Waals surface area contributed by atoms with Crippen molar-refractivity contribution >= 4 is 10.9 Å². The van der Waals surface area contributed by atoms with Gasteiger partial charge in [-0.15, -0.1) is 0 Å². The molecule has 1 saturated carbocycles. The Bertz CT molecular complexity index is 535. The fraction of sp³-hybridized carbons (Fsp3) is 0.500. The Balaban J connectivity index is 1.89. The minimum absolute atomic E-state index is 0.382. The quantitative estimate of drug-likeness (QED) is 0.869. The van der Waals surface area contributed by atoms with Crippen LogP contribution in [0.1, 0.15) is 44.3 Å². The summed E-state index contributed by atoms with van der Waals surface area (Å²) in [7, 11) is 0. The first-order valence-corrected chi connectivity index (χ1v) is 7.01. The van der Waals surface area contributed by atoms with E-state index in [0.29, 0.717) is 0 Å². The number of rotatable bonds is 3. The van der Waals surface area contributed by atoms with Crippen LogP contribution < -0.4 is 0 Å². The lowest BCUT2D eigenvalue weighted by atomic mass is 10.1. The molecule has 18 heavy (non-hydrogen) atoms. The van der Waals surface area contributed by atoms with E-state index in [0.717, 1.165) is 18.0 Å². The number of benzene rings is 1. The number of aliphatic hydroxyl groups is 1. The molecule has 1 aromatic heterocycles. The van der Waals surface area contributed by atoms with Crippen molar-refractivity contribution in [3.8, 4) is 0 Å². The molecule has 0 bridgehead atoms. The fourth-order valence-corrected chi connectivity index (χ4v) is 3.11. The molecule has 0 amide bonds. The van der Waals surface area contributed by atoms with E-state index in [9.17, 15) is 5.11 Å². The molecule has 0 aliphatic heterocycles. The van der Waals surface area contributed by atoms with Crippen LogP contribution in [-0.4, -0.2) is 9.67 Å². The first-order valence-electron chi connectivity index (χ1n) is 7.01. The maximum atomic E-state index is 9.61. The molecule has 2 aromatic rings. The van der Waals surface area contributed by atoms with E-state index in [1.165, 1.54) is 36.6 Å². The monoisotopic (exact) mass is 243 g/mol. The summed E-state index contributed by atoms with van der Waals surface area (Å²) in [4.78, 5) is 0. The average molecular weight is 243 g/mol. The van der Waals surface area contributed by atoms with Gasteiger partial charge in [0.25, 0.3) is 0 Å². The van der Waals surface area contributed by atoms with Crippen LogP contribution in [0.2, 0.25) is 0 Å². The van der Waals surface area contributed by atoms with E-state index >= 15 is 0 Å². The minimum atomic E-state index is -0.382. The summed E-state index contributed by atoms with van der Waals surface area (Å²) in [6.45, 7) is 2.97. The van der Waals surface area contributed by atoms with Gasteiger partial charge in [0.05, 0.1) is 6.10 Å². The summed E-state index contributed by atoms with van der Waals surface area (Å²) in [6.07, 6.45) is 7.37. The molecule has 1 atom stereocenters. The second-order valence-corrected chi connectivity index (χ2v) is 5.61. The van der Waals surface area contributed by atoms with Crippen LogP contribution in [0.25, 0.3) is 10.9 Å². The molecule has 1 aliphatic carbocycles. The maximum Gasteiger partial charge on any atom is 0.0762 e. The molecule has 1 aliphatic rings. The van der Waals surface area contributed by atoms with Gasteiger partial charge in [-0.1, -0.05) is 18.9 Å². The average Bonchev–Trinajstić information content (AvgIpc) is 2.99. The van der Waals surface area contributed by atoms with Crippen molar-refractivity contribution in [1.82, 2.24) is 4.57 Å². The predicted octanol–water partition coefficient (Wildman–Crippen LogP) is 3.88. The first-order chi connectivity index (χ1) is 8.74. The molecular weight excluding hydrogens is 222 g/mol. The predicted molar refractivity (Wildman–Crippen MR) is 74.5 cm³/mol. The van der Waals surface area contributed by atoms with Gasteiger partial charge < -0.3 is 9.67 Å². The van der Waals surface area contributed by atoms with Crippen LogP contribution in [0.5, 0.6) is 0 Å². The van der Waals surface area contributed by atoms with Gasteiger partial charge in [-0.25, -0.2) is 0 Å². The first kappa shape index (κ1) is 11.8. The van der Waals surface area contributed by atoms with Crippen molar-refractivity contribution in [2.24, 2.45) is 5.92 Å². The summed E-state index contributed by atoms with van der Waals surface area (Å²) >= 11 is 0. The highest BCUT2D eigenvalue weighted by Crippen LogP contribution is 2.28. The van der Waals surface area contributed by atoms with Crippen LogP contribution in [-0.2, 0) is 6.54 Å². The highest BCUT2D eigenvalue weighted by Gasteiger charge is 2.16. The van der Waals surface area contributed by atoms with Crippen molar-refractivity contribution in [2.45, 2.75) is 45.3 Å². The van der Waals surface area contributed by atoms with Crippen LogP contribution >= 0.6 is 0 Å². The largest absolute Gasteiger partial charge is 0.389 e. The van der Waals surface area contributed by atoms with E-state index in [1.807, 2.05) is 13.0 Å². The van der Waals surface area contributed by atoms with E-state index in [2.05, 4.69) is 29.0 Å². The van der Waals surface area contributed by atoms with Crippen LogP contribution in [0.4, 0.5) is 0 Å². The molecule has 1 N–H and O–H groups in total. The topological polar surface area (TPSA) is 25.2 Å². The smallest absolute Gasteiger partial charge is 0.0762 e. The van der Waals surface area contributed by atoms with Crippen molar-refractivity contribution in [2.75, 3.05) is 0 Å². The van der Waals surface area contributed by atoms with Gasteiger partial charge >= 0.3 is 0 Å². The molecule has 2 nitrogen and oxygen atoms in total. The molecule has 96 valence electrons. The third kappa shape index (κ3) is 2.17. The van der Waals surface area contributed by atoms with Gasteiger partial charge in [0, 0.05) is 18.3 Å². The normalized spacial score (nSPS) is 18.6. The Labute approximate surface area is 108 Å². The van der Waals surface area contributed by atoms with Crippen LogP contribution in [0, 0.1) is 5.92 Å². The van der Waals surface area contributed by atoms with Gasteiger partial charge in [-0.3, -0.25) is 0 Å². The van der Waals surface area contributed by atoms with Crippen LogP contribution in [0.15, 0.2) is 30.5 Å². The Morgan fingerprint density at radius 2 is 2.06 bits per heavy atom. The number of nitrogens with zero attached hydrogens (tertiary/aromatic N) is 1. The zero-order valence-corrected chi connectivity index (χ0v) is 11.0. The van der Waals surface area contributed by atoms with Crippen molar-refractivity contribution in [1.29, 1.82) is 0 Å². The van der Waals surface area contributed by atoms with Crippen LogP contribution in [0.3, 0.4) is 0 Å². The van der Waals surface area contributed by atoms with E-state index in [1.54, 1.807) is 0 Å². The Morgan fingerprint density at radius 1 is 1.28 bits per heavy atom. The maximum absolute atomic E-state index is 9.61. The molecule has 1 unspecified atom stereocenters. The number of fused-ring (bicyclic) bond motifs is 1. The van der Waals surface area contributed by atoms with E-state index < -0.39 is 0 Å². The number of hydrogen-bond donors (Lipinski definition) is 1. The van der Waals surface area contributed by atoms with Crippen molar-refractivity contribution in [3.05, 3.63) is 36.0 Å². The molecule has 1 fully saturated rings.